The molecule has 12 heavy (non-hydrogen) atoms. The third-order valence-electron chi connectivity index (χ3n) is 1.34. The SMILES string of the molecule is [NH]CCOC(=O)c1ccccc1. The third-order valence-corrected chi connectivity index (χ3v) is 1.34. The van der Waals surface area contributed by atoms with Gasteiger partial charge in [-0.1, -0.05) is 18.2 Å². The van der Waals surface area contributed by atoms with Gasteiger partial charge < -0.3 is 4.74 Å². The number of esters is 1. The lowest BCUT2D eigenvalue weighted by molar-refractivity contribution is 0.0515. The summed E-state index contributed by atoms with van der Waals surface area (Å²) in [7, 11) is 0. The minimum absolute atomic E-state index is 0.110. The molecule has 0 aromatic heterocycles. The zero-order chi connectivity index (χ0) is 8.81. The molecule has 0 aliphatic carbocycles. The van der Waals surface area contributed by atoms with Crippen molar-refractivity contribution in [3.05, 3.63) is 35.9 Å². The van der Waals surface area contributed by atoms with E-state index in [4.69, 9.17) is 10.5 Å². The summed E-state index contributed by atoms with van der Waals surface area (Å²) in [4.78, 5) is 11.1. The number of nitrogens with one attached hydrogen (secondary N) is 1. The van der Waals surface area contributed by atoms with Crippen molar-refractivity contribution in [3.8, 4) is 0 Å². The lowest BCUT2D eigenvalue weighted by Gasteiger charge is -2.01. The number of rotatable bonds is 3. The van der Waals surface area contributed by atoms with Crippen LogP contribution in [0.3, 0.4) is 0 Å². The van der Waals surface area contributed by atoms with Crippen molar-refractivity contribution in [2.75, 3.05) is 13.2 Å². The monoisotopic (exact) mass is 164 g/mol. The number of ether oxygens (including phenoxy) is 1. The van der Waals surface area contributed by atoms with Crippen molar-refractivity contribution in [3.63, 3.8) is 0 Å². The summed E-state index contributed by atoms with van der Waals surface area (Å²) in [6.07, 6.45) is 0. The van der Waals surface area contributed by atoms with Crippen LogP contribution >= 0.6 is 0 Å². The molecule has 1 aromatic carbocycles. The number of carbonyl (C=O) groups excluding carboxylic acids is 1. The molecule has 63 valence electrons. The molecule has 0 aliphatic rings. The highest BCUT2D eigenvalue weighted by molar-refractivity contribution is 5.89. The first-order chi connectivity index (χ1) is 5.84. The van der Waals surface area contributed by atoms with Crippen molar-refractivity contribution in [2.24, 2.45) is 0 Å². The molecule has 1 N–H and O–H groups in total. The van der Waals surface area contributed by atoms with Crippen molar-refractivity contribution in [2.45, 2.75) is 0 Å². The summed E-state index contributed by atoms with van der Waals surface area (Å²) in [6.45, 7) is 0.270. The Bertz CT molecular complexity index is 246. The summed E-state index contributed by atoms with van der Waals surface area (Å²) < 4.78 is 4.75. The molecule has 3 nitrogen and oxygen atoms in total. The first-order valence-electron chi connectivity index (χ1n) is 3.71. The second kappa shape index (κ2) is 4.51. The first-order valence-corrected chi connectivity index (χ1v) is 3.71. The van der Waals surface area contributed by atoms with Crippen LogP contribution in [0.15, 0.2) is 30.3 Å². The fourth-order valence-electron chi connectivity index (χ4n) is 0.801. The van der Waals surface area contributed by atoms with E-state index >= 15 is 0 Å². The van der Waals surface area contributed by atoms with Crippen LogP contribution < -0.4 is 5.73 Å². The van der Waals surface area contributed by atoms with Gasteiger partial charge in [-0.05, 0) is 12.1 Å². The van der Waals surface area contributed by atoms with E-state index in [1.54, 1.807) is 24.3 Å². The highest BCUT2D eigenvalue weighted by Gasteiger charge is 2.03. The van der Waals surface area contributed by atoms with E-state index in [2.05, 4.69) is 0 Å². The van der Waals surface area contributed by atoms with E-state index in [0.717, 1.165) is 0 Å². The third kappa shape index (κ3) is 2.36. The Morgan fingerprint density at radius 2 is 2.00 bits per heavy atom. The van der Waals surface area contributed by atoms with Gasteiger partial charge in [-0.25, -0.2) is 4.79 Å². The van der Waals surface area contributed by atoms with E-state index in [1.165, 1.54) is 0 Å². The van der Waals surface area contributed by atoms with Crippen LogP contribution in [0.25, 0.3) is 0 Å². The molecule has 1 aromatic rings. The molecule has 1 rings (SSSR count). The Labute approximate surface area is 71.1 Å². The maximum absolute atomic E-state index is 11.1. The Morgan fingerprint density at radius 1 is 1.33 bits per heavy atom. The van der Waals surface area contributed by atoms with Crippen molar-refractivity contribution >= 4 is 5.97 Å². The number of benzene rings is 1. The predicted molar refractivity (Wildman–Crippen MR) is 44.7 cm³/mol. The fourth-order valence-corrected chi connectivity index (χ4v) is 0.801. The molecule has 0 atom stereocenters. The largest absolute Gasteiger partial charge is 0.461 e. The average molecular weight is 164 g/mol. The van der Waals surface area contributed by atoms with E-state index < -0.39 is 0 Å². The minimum Gasteiger partial charge on any atom is -0.461 e. The Morgan fingerprint density at radius 3 is 2.58 bits per heavy atom. The van der Waals surface area contributed by atoms with Crippen LogP contribution in [0, 0.1) is 0 Å². The summed E-state index contributed by atoms with van der Waals surface area (Å²) in [5.74, 6) is -0.358. The topological polar surface area (TPSA) is 50.1 Å². The summed E-state index contributed by atoms with van der Waals surface area (Å²) >= 11 is 0. The molecule has 3 heteroatoms. The molecule has 0 fully saturated rings. The second-order valence-electron chi connectivity index (χ2n) is 2.25. The summed E-state index contributed by atoms with van der Waals surface area (Å²) in [6, 6.07) is 8.76. The van der Waals surface area contributed by atoms with Gasteiger partial charge in [0.25, 0.3) is 0 Å². The lowest BCUT2D eigenvalue weighted by Crippen LogP contribution is -2.08. The minimum atomic E-state index is -0.358. The molecule has 0 heterocycles. The van der Waals surface area contributed by atoms with Gasteiger partial charge in [0.2, 0.25) is 0 Å². The molecule has 0 amide bonds. The van der Waals surface area contributed by atoms with E-state index in [-0.39, 0.29) is 19.1 Å². The normalized spacial score (nSPS) is 9.42. The van der Waals surface area contributed by atoms with Crippen LogP contribution in [0.2, 0.25) is 0 Å². The molecule has 1 radical (unpaired) electrons. The van der Waals surface area contributed by atoms with Crippen LogP contribution in [0.5, 0.6) is 0 Å². The van der Waals surface area contributed by atoms with Gasteiger partial charge in [0, 0.05) is 6.54 Å². The maximum atomic E-state index is 11.1. The Balaban J connectivity index is 2.54. The van der Waals surface area contributed by atoms with Gasteiger partial charge in [0.05, 0.1) is 5.56 Å². The number of carbonyl (C=O) groups is 1. The van der Waals surface area contributed by atoms with Crippen LogP contribution in [0.4, 0.5) is 0 Å². The molecule has 0 unspecified atom stereocenters. The highest BCUT2D eigenvalue weighted by Crippen LogP contribution is 1.99. The van der Waals surface area contributed by atoms with Crippen molar-refractivity contribution < 1.29 is 9.53 Å². The number of hydrogen-bond acceptors (Lipinski definition) is 2. The Hall–Kier alpha value is -1.35. The molecular formula is C9H10NO2. The van der Waals surface area contributed by atoms with Gasteiger partial charge in [0.15, 0.2) is 0 Å². The van der Waals surface area contributed by atoms with Crippen molar-refractivity contribution in [1.82, 2.24) is 5.73 Å². The smallest absolute Gasteiger partial charge is 0.338 e. The predicted octanol–water partition coefficient (Wildman–Crippen LogP) is 1.13. The zero-order valence-corrected chi connectivity index (χ0v) is 6.62. The van der Waals surface area contributed by atoms with Gasteiger partial charge >= 0.3 is 5.97 Å². The van der Waals surface area contributed by atoms with E-state index in [0.29, 0.717) is 5.56 Å². The maximum Gasteiger partial charge on any atom is 0.338 e. The van der Waals surface area contributed by atoms with Gasteiger partial charge in [-0.15, -0.1) is 0 Å². The van der Waals surface area contributed by atoms with E-state index in [1.807, 2.05) is 6.07 Å². The fraction of sp³-hybridized carbons (Fsp3) is 0.222. The molecule has 0 saturated heterocycles. The first kappa shape index (κ1) is 8.74. The molecule has 0 spiro atoms. The van der Waals surface area contributed by atoms with Crippen LogP contribution in [0.1, 0.15) is 10.4 Å². The van der Waals surface area contributed by atoms with Gasteiger partial charge in [0.1, 0.15) is 6.61 Å². The zero-order valence-electron chi connectivity index (χ0n) is 6.62. The molecule has 0 bridgehead atoms. The quantitative estimate of drug-likeness (QED) is 0.628. The second-order valence-corrected chi connectivity index (χ2v) is 2.25. The highest BCUT2D eigenvalue weighted by atomic mass is 16.5. The average Bonchev–Trinajstić information content (AvgIpc) is 2.15. The van der Waals surface area contributed by atoms with E-state index in [9.17, 15) is 4.79 Å². The lowest BCUT2D eigenvalue weighted by atomic mass is 10.2. The van der Waals surface area contributed by atoms with Crippen molar-refractivity contribution in [1.29, 1.82) is 0 Å². The molecule has 0 saturated carbocycles. The number of hydrogen-bond donors (Lipinski definition) is 0. The summed E-state index contributed by atoms with van der Waals surface area (Å²) in [5, 5.41) is 0. The molecule has 0 aliphatic heterocycles. The summed E-state index contributed by atoms with van der Waals surface area (Å²) in [5.41, 5.74) is 7.31. The standard InChI is InChI=1S/C9H10NO2/c10-6-7-12-9(11)8-4-2-1-3-5-8/h1-5,10H,6-7H2. The van der Waals surface area contributed by atoms with Crippen LogP contribution in [-0.4, -0.2) is 19.1 Å². The van der Waals surface area contributed by atoms with Gasteiger partial charge in [-0.2, -0.15) is 0 Å². The molecular weight excluding hydrogens is 154 g/mol. The van der Waals surface area contributed by atoms with Gasteiger partial charge in [-0.3, -0.25) is 5.73 Å². The Kier molecular flexibility index (Phi) is 3.29. The van der Waals surface area contributed by atoms with Crippen LogP contribution in [-0.2, 0) is 4.74 Å².